The van der Waals surface area contributed by atoms with E-state index < -0.39 is 0 Å². The maximum Gasteiger partial charge on any atom is 0.231 e. The number of quaternary nitrogens is 1. The van der Waals surface area contributed by atoms with Gasteiger partial charge in [0.05, 0.1) is 31.7 Å². The van der Waals surface area contributed by atoms with Gasteiger partial charge in [0.15, 0.2) is 11.5 Å². The van der Waals surface area contributed by atoms with Gasteiger partial charge in [-0.05, 0) is 35.7 Å². The van der Waals surface area contributed by atoms with Crippen LogP contribution in [-0.2, 0) is 17.9 Å². The van der Waals surface area contributed by atoms with Gasteiger partial charge in [0.2, 0.25) is 12.7 Å². The summed E-state index contributed by atoms with van der Waals surface area (Å²) in [5, 5.41) is 21.5. The summed E-state index contributed by atoms with van der Waals surface area (Å²) < 4.78 is 12.7. The molecule has 0 spiro atoms. The van der Waals surface area contributed by atoms with Crippen molar-refractivity contribution in [3.05, 3.63) is 54.2 Å². The molecule has 4 aliphatic rings. The number of aromatic hydroxyl groups is 1. The van der Waals surface area contributed by atoms with Gasteiger partial charge in [0.25, 0.3) is 0 Å². The van der Waals surface area contributed by atoms with Crippen LogP contribution in [-0.4, -0.2) is 51.9 Å². The molecule has 3 N–H and O–H groups in total. The summed E-state index contributed by atoms with van der Waals surface area (Å²) >= 11 is 0. The van der Waals surface area contributed by atoms with Gasteiger partial charge in [-0.15, -0.1) is 5.10 Å². The molecule has 4 aliphatic heterocycles. The Bertz CT molecular complexity index is 1210. The van der Waals surface area contributed by atoms with Crippen molar-refractivity contribution in [1.29, 1.82) is 0 Å². The molecular weight excluding hydrogens is 434 g/mol. The minimum Gasteiger partial charge on any atom is -0.508 e. The van der Waals surface area contributed by atoms with Gasteiger partial charge < -0.3 is 24.8 Å². The SMILES string of the molecule is O=C(NCc1ccc2c(c1)OCO2)[C@H]1C[NH+]2CC[C@@H]1C[C@@H]2Cn1cc(-c2cccc(O)c2)nn1. The minimum absolute atomic E-state index is 0.0487. The molecule has 2 bridgehead atoms. The molecule has 0 saturated carbocycles. The molecule has 1 unspecified atom stereocenters. The highest BCUT2D eigenvalue weighted by Gasteiger charge is 2.46. The third-order valence-electron chi connectivity index (χ3n) is 7.38. The van der Waals surface area contributed by atoms with Crippen molar-refractivity contribution in [2.45, 2.75) is 32.0 Å². The first-order valence-electron chi connectivity index (χ1n) is 11.8. The van der Waals surface area contributed by atoms with Crippen molar-refractivity contribution in [3.8, 4) is 28.5 Å². The highest BCUT2D eigenvalue weighted by molar-refractivity contribution is 5.79. The normalized spacial score (nSPS) is 24.8. The molecule has 2 aromatic carbocycles. The summed E-state index contributed by atoms with van der Waals surface area (Å²) in [7, 11) is 0. The predicted octanol–water partition coefficient (Wildman–Crippen LogP) is 0.989. The molecule has 1 amide bonds. The van der Waals surface area contributed by atoms with Crippen molar-refractivity contribution in [2.24, 2.45) is 11.8 Å². The van der Waals surface area contributed by atoms with Gasteiger partial charge in [-0.1, -0.05) is 23.4 Å². The average Bonchev–Trinajstić information content (AvgIpc) is 3.52. The van der Waals surface area contributed by atoms with Gasteiger partial charge in [0, 0.05) is 24.9 Å². The molecule has 7 rings (SSSR count). The van der Waals surface area contributed by atoms with Gasteiger partial charge in [-0.25, -0.2) is 4.68 Å². The number of aromatic nitrogens is 3. The third-order valence-corrected chi connectivity index (χ3v) is 7.38. The molecule has 9 heteroatoms. The lowest BCUT2D eigenvalue weighted by atomic mass is 9.75. The number of carbonyl (C=O) groups excluding carboxylic acids is 1. The van der Waals surface area contributed by atoms with E-state index in [9.17, 15) is 9.90 Å². The summed E-state index contributed by atoms with van der Waals surface area (Å²) in [5.41, 5.74) is 2.61. The lowest BCUT2D eigenvalue weighted by molar-refractivity contribution is -0.945. The Hall–Kier alpha value is -3.59. The molecule has 34 heavy (non-hydrogen) atoms. The number of ether oxygens (including phenoxy) is 2. The average molecular weight is 463 g/mol. The molecule has 3 fully saturated rings. The van der Waals surface area contributed by atoms with E-state index in [2.05, 4.69) is 15.6 Å². The Balaban J connectivity index is 1.06. The maximum absolute atomic E-state index is 13.0. The van der Waals surface area contributed by atoms with Crippen LogP contribution >= 0.6 is 0 Å². The van der Waals surface area contributed by atoms with Gasteiger partial charge in [0.1, 0.15) is 17.5 Å². The Morgan fingerprint density at radius 3 is 2.97 bits per heavy atom. The fraction of sp³-hybridized carbons (Fsp3) is 0.400. The number of nitrogens with zero attached hydrogens (tertiary/aromatic N) is 3. The molecule has 4 atom stereocenters. The minimum atomic E-state index is 0.0487. The first-order valence-corrected chi connectivity index (χ1v) is 11.8. The Labute approximate surface area is 197 Å². The van der Waals surface area contributed by atoms with Crippen LogP contribution in [0.15, 0.2) is 48.7 Å². The van der Waals surface area contributed by atoms with E-state index in [-0.39, 0.29) is 24.4 Å². The van der Waals surface area contributed by atoms with Crippen LogP contribution in [0.5, 0.6) is 17.2 Å². The predicted molar refractivity (Wildman–Crippen MR) is 122 cm³/mol. The summed E-state index contributed by atoms with van der Waals surface area (Å²) in [6, 6.07) is 13.3. The first-order chi connectivity index (χ1) is 16.6. The Morgan fingerprint density at radius 1 is 1.21 bits per heavy atom. The van der Waals surface area contributed by atoms with Gasteiger partial charge in [-0.2, -0.15) is 0 Å². The Kier molecular flexibility index (Phi) is 5.33. The number of fused-ring (bicyclic) bond motifs is 4. The van der Waals surface area contributed by atoms with E-state index in [4.69, 9.17) is 9.47 Å². The number of amides is 1. The second-order valence-electron chi connectivity index (χ2n) is 9.48. The molecule has 176 valence electrons. The summed E-state index contributed by atoms with van der Waals surface area (Å²) in [4.78, 5) is 14.5. The number of rotatable bonds is 6. The van der Waals surface area contributed by atoms with Crippen LogP contribution in [0.3, 0.4) is 0 Å². The number of carbonyl (C=O) groups is 1. The number of hydrogen-bond acceptors (Lipinski definition) is 6. The highest BCUT2D eigenvalue weighted by Crippen LogP contribution is 2.33. The van der Waals surface area contributed by atoms with Crippen LogP contribution in [0.2, 0.25) is 0 Å². The molecule has 9 nitrogen and oxygen atoms in total. The zero-order valence-corrected chi connectivity index (χ0v) is 18.8. The number of hydrogen-bond donors (Lipinski definition) is 3. The van der Waals surface area contributed by atoms with Crippen LogP contribution in [0.4, 0.5) is 0 Å². The second-order valence-corrected chi connectivity index (χ2v) is 9.48. The van der Waals surface area contributed by atoms with Crippen molar-refractivity contribution < 1.29 is 24.3 Å². The number of phenols is 1. The van der Waals surface area contributed by atoms with Crippen LogP contribution in [0, 0.1) is 11.8 Å². The lowest BCUT2D eigenvalue weighted by Gasteiger charge is -2.46. The van der Waals surface area contributed by atoms with E-state index in [0.717, 1.165) is 60.8 Å². The standard InChI is InChI=1S/C25H27N5O4/c31-20-3-1-2-18(10-20)22-14-30(28-27-22)12-19-9-17-6-7-29(19)13-21(17)25(32)26-11-16-4-5-23-24(8-16)34-15-33-23/h1-5,8,10,14,17,19,21,31H,6-7,9,11-13,15H2,(H,26,32)/p+1/t17-,19-,21+/m1/s1. The first kappa shape index (κ1) is 21.0. The molecule has 1 aromatic heterocycles. The summed E-state index contributed by atoms with van der Waals surface area (Å²) in [6.45, 7) is 3.48. The molecule has 3 aromatic rings. The zero-order valence-electron chi connectivity index (χ0n) is 18.8. The quantitative estimate of drug-likeness (QED) is 0.505. The zero-order chi connectivity index (χ0) is 23.1. The molecule has 0 radical (unpaired) electrons. The Morgan fingerprint density at radius 2 is 2.12 bits per heavy atom. The smallest absolute Gasteiger partial charge is 0.231 e. The maximum atomic E-state index is 13.0. The number of phenolic OH excluding ortho intramolecular Hbond substituents is 1. The molecule has 0 aliphatic carbocycles. The van der Waals surface area contributed by atoms with E-state index in [1.54, 1.807) is 18.2 Å². The topological polar surface area (TPSA) is 103 Å². The van der Waals surface area contributed by atoms with Crippen molar-refractivity contribution in [2.75, 3.05) is 19.9 Å². The number of piperidine rings is 3. The van der Waals surface area contributed by atoms with Crippen molar-refractivity contribution >= 4 is 5.91 Å². The fourth-order valence-corrected chi connectivity index (χ4v) is 5.60. The van der Waals surface area contributed by atoms with Crippen LogP contribution in [0.25, 0.3) is 11.3 Å². The third kappa shape index (κ3) is 4.07. The van der Waals surface area contributed by atoms with E-state index in [1.165, 1.54) is 4.90 Å². The molecular formula is C25H28N5O4+. The van der Waals surface area contributed by atoms with Gasteiger partial charge in [-0.3, -0.25) is 4.79 Å². The van der Waals surface area contributed by atoms with E-state index in [0.29, 0.717) is 18.5 Å². The fourth-order valence-electron chi connectivity index (χ4n) is 5.60. The molecule has 3 saturated heterocycles. The second kappa shape index (κ2) is 8.64. The lowest BCUT2D eigenvalue weighted by Crippen LogP contribution is -3.20. The van der Waals surface area contributed by atoms with Crippen LogP contribution < -0.4 is 19.7 Å². The van der Waals surface area contributed by atoms with E-state index in [1.807, 2.05) is 35.1 Å². The number of nitrogens with one attached hydrogen (secondary N) is 2. The van der Waals surface area contributed by atoms with Gasteiger partial charge >= 0.3 is 0 Å². The number of benzene rings is 2. The molecule has 5 heterocycles. The van der Waals surface area contributed by atoms with Crippen molar-refractivity contribution in [3.63, 3.8) is 0 Å². The highest BCUT2D eigenvalue weighted by atomic mass is 16.7. The monoisotopic (exact) mass is 462 g/mol. The largest absolute Gasteiger partial charge is 0.508 e. The van der Waals surface area contributed by atoms with Crippen molar-refractivity contribution in [1.82, 2.24) is 20.3 Å². The van der Waals surface area contributed by atoms with Crippen LogP contribution in [0.1, 0.15) is 18.4 Å². The summed E-state index contributed by atoms with van der Waals surface area (Å²) in [5.74, 6) is 2.30. The summed E-state index contributed by atoms with van der Waals surface area (Å²) in [6.07, 6.45) is 4.03. The van der Waals surface area contributed by atoms with E-state index >= 15 is 0 Å².